The van der Waals surface area contributed by atoms with Gasteiger partial charge >= 0.3 is 0 Å². The molecule has 0 saturated heterocycles. The van der Waals surface area contributed by atoms with Crippen LogP contribution in [0.3, 0.4) is 0 Å². The zero-order valence-corrected chi connectivity index (χ0v) is 12.7. The molecule has 1 aromatic carbocycles. The van der Waals surface area contributed by atoms with Crippen molar-refractivity contribution in [1.29, 1.82) is 0 Å². The summed E-state index contributed by atoms with van der Waals surface area (Å²) in [5.41, 5.74) is 0.991. The fraction of sp³-hybridized carbons (Fsp3) is 0.500. The van der Waals surface area contributed by atoms with Gasteiger partial charge in [0, 0.05) is 18.0 Å². The van der Waals surface area contributed by atoms with Crippen LogP contribution in [0, 0.1) is 0 Å². The summed E-state index contributed by atoms with van der Waals surface area (Å²) < 4.78 is 11.0. The van der Waals surface area contributed by atoms with Gasteiger partial charge in [0.2, 0.25) is 5.89 Å². The van der Waals surface area contributed by atoms with Gasteiger partial charge in [-0.05, 0) is 32.9 Å². The first-order chi connectivity index (χ1) is 10.2. The van der Waals surface area contributed by atoms with Crippen LogP contribution >= 0.6 is 0 Å². The summed E-state index contributed by atoms with van der Waals surface area (Å²) in [5.74, 6) is 2.36. The SMILES string of the molecule is CNC(C)Cc1noc(C2(c3ccccc3OC)CC2)n1. The zero-order valence-electron chi connectivity index (χ0n) is 12.7. The molecule has 1 heterocycles. The Hall–Kier alpha value is -1.88. The van der Waals surface area contributed by atoms with Crippen molar-refractivity contribution in [3.63, 3.8) is 0 Å². The molecule has 0 spiro atoms. The Morgan fingerprint density at radius 1 is 1.38 bits per heavy atom. The number of rotatable bonds is 6. The first kappa shape index (κ1) is 14.1. The molecule has 1 saturated carbocycles. The van der Waals surface area contributed by atoms with Crippen molar-refractivity contribution in [3.05, 3.63) is 41.5 Å². The van der Waals surface area contributed by atoms with E-state index in [4.69, 9.17) is 9.26 Å². The van der Waals surface area contributed by atoms with Crippen molar-refractivity contribution < 1.29 is 9.26 Å². The molecule has 0 amide bonds. The highest BCUT2D eigenvalue weighted by Gasteiger charge is 2.52. The van der Waals surface area contributed by atoms with E-state index in [1.165, 1.54) is 0 Å². The fourth-order valence-corrected chi connectivity index (χ4v) is 2.67. The summed E-state index contributed by atoms with van der Waals surface area (Å²) in [4.78, 5) is 4.61. The van der Waals surface area contributed by atoms with E-state index in [1.807, 2.05) is 25.2 Å². The summed E-state index contributed by atoms with van der Waals surface area (Å²) in [6.45, 7) is 2.10. The van der Waals surface area contributed by atoms with Gasteiger partial charge in [-0.1, -0.05) is 23.4 Å². The minimum absolute atomic E-state index is 0.152. The van der Waals surface area contributed by atoms with Crippen LogP contribution in [0.5, 0.6) is 5.75 Å². The Bertz CT molecular complexity index is 619. The van der Waals surface area contributed by atoms with Crippen LogP contribution in [-0.2, 0) is 11.8 Å². The zero-order chi connectivity index (χ0) is 14.9. The Balaban J connectivity index is 1.89. The maximum Gasteiger partial charge on any atom is 0.237 e. The van der Waals surface area contributed by atoms with Crippen molar-refractivity contribution in [2.75, 3.05) is 14.2 Å². The van der Waals surface area contributed by atoms with Gasteiger partial charge in [-0.15, -0.1) is 0 Å². The van der Waals surface area contributed by atoms with Crippen LogP contribution in [0.2, 0.25) is 0 Å². The lowest BCUT2D eigenvalue weighted by molar-refractivity contribution is 0.347. The monoisotopic (exact) mass is 287 g/mol. The van der Waals surface area contributed by atoms with Gasteiger partial charge < -0.3 is 14.6 Å². The molecule has 5 nitrogen and oxygen atoms in total. The van der Waals surface area contributed by atoms with Gasteiger partial charge in [0.05, 0.1) is 12.5 Å². The molecule has 2 aromatic rings. The summed E-state index contributed by atoms with van der Waals surface area (Å²) in [6.07, 6.45) is 2.81. The topological polar surface area (TPSA) is 60.2 Å². The highest BCUT2D eigenvalue weighted by atomic mass is 16.5. The highest BCUT2D eigenvalue weighted by molar-refractivity contribution is 5.47. The number of methoxy groups -OCH3 is 1. The minimum Gasteiger partial charge on any atom is -0.496 e. The summed E-state index contributed by atoms with van der Waals surface area (Å²) in [5, 5.41) is 7.31. The third-order valence-corrected chi connectivity index (χ3v) is 4.23. The van der Waals surface area contributed by atoms with E-state index in [0.29, 0.717) is 11.9 Å². The Labute approximate surface area is 124 Å². The third kappa shape index (κ3) is 2.53. The molecule has 1 unspecified atom stereocenters. The van der Waals surface area contributed by atoms with Crippen molar-refractivity contribution in [2.45, 2.75) is 37.6 Å². The molecule has 21 heavy (non-hydrogen) atoms. The molecule has 0 radical (unpaired) electrons. The molecule has 0 bridgehead atoms. The van der Waals surface area contributed by atoms with Crippen molar-refractivity contribution in [1.82, 2.24) is 15.5 Å². The Kier molecular flexibility index (Phi) is 3.68. The molecule has 1 aliphatic rings. The molecule has 1 N–H and O–H groups in total. The third-order valence-electron chi connectivity index (χ3n) is 4.23. The number of para-hydroxylation sites is 1. The molecular weight excluding hydrogens is 266 g/mol. The number of ether oxygens (including phenoxy) is 1. The lowest BCUT2D eigenvalue weighted by atomic mass is 9.95. The number of benzene rings is 1. The van der Waals surface area contributed by atoms with E-state index in [9.17, 15) is 0 Å². The fourth-order valence-electron chi connectivity index (χ4n) is 2.67. The molecule has 1 fully saturated rings. The van der Waals surface area contributed by atoms with Crippen LogP contribution in [0.25, 0.3) is 0 Å². The standard InChI is InChI=1S/C16H21N3O2/c1-11(17-2)10-14-18-15(21-19-14)16(8-9-16)12-6-4-5-7-13(12)20-3/h4-7,11,17H,8-10H2,1-3H3. The van der Waals surface area contributed by atoms with Crippen LogP contribution in [0.1, 0.15) is 37.0 Å². The van der Waals surface area contributed by atoms with E-state index in [1.54, 1.807) is 7.11 Å². The molecular formula is C16H21N3O2. The number of likely N-dealkylation sites (N-methyl/N-ethyl adjacent to an activating group) is 1. The molecule has 5 heteroatoms. The number of hydrogen-bond acceptors (Lipinski definition) is 5. The van der Waals surface area contributed by atoms with Gasteiger partial charge in [0.25, 0.3) is 0 Å². The summed E-state index contributed by atoms with van der Waals surface area (Å²) in [6, 6.07) is 8.41. The summed E-state index contributed by atoms with van der Waals surface area (Å²) >= 11 is 0. The van der Waals surface area contributed by atoms with E-state index < -0.39 is 0 Å². The van der Waals surface area contributed by atoms with E-state index in [-0.39, 0.29) is 5.41 Å². The normalized spacial score (nSPS) is 17.5. The lowest BCUT2D eigenvalue weighted by Crippen LogP contribution is -2.24. The average Bonchev–Trinajstić information content (AvgIpc) is 3.20. The van der Waals surface area contributed by atoms with Crippen molar-refractivity contribution in [3.8, 4) is 5.75 Å². The van der Waals surface area contributed by atoms with Gasteiger partial charge in [0.1, 0.15) is 5.75 Å². The number of hydrogen-bond donors (Lipinski definition) is 1. The first-order valence-corrected chi connectivity index (χ1v) is 7.33. The van der Waals surface area contributed by atoms with E-state index in [2.05, 4.69) is 28.4 Å². The largest absolute Gasteiger partial charge is 0.496 e. The molecule has 1 atom stereocenters. The second-order valence-corrected chi connectivity index (χ2v) is 5.69. The van der Waals surface area contributed by atoms with E-state index in [0.717, 1.165) is 36.4 Å². The maximum absolute atomic E-state index is 5.55. The Morgan fingerprint density at radius 2 is 2.14 bits per heavy atom. The second-order valence-electron chi connectivity index (χ2n) is 5.69. The van der Waals surface area contributed by atoms with Gasteiger partial charge in [-0.2, -0.15) is 4.98 Å². The second kappa shape index (κ2) is 5.48. The van der Waals surface area contributed by atoms with Gasteiger partial charge in [-0.3, -0.25) is 0 Å². The predicted octanol–water partition coefficient (Wildman–Crippen LogP) is 2.31. The molecule has 0 aliphatic heterocycles. The maximum atomic E-state index is 5.55. The molecule has 1 aliphatic carbocycles. The number of aromatic nitrogens is 2. The van der Waals surface area contributed by atoms with Gasteiger partial charge in [-0.25, -0.2) is 0 Å². The van der Waals surface area contributed by atoms with Crippen molar-refractivity contribution in [2.24, 2.45) is 0 Å². The predicted molar refractivity (Wildman–Crippen MR) is 79.5 cm³/mol. The van der Waals surface area contributed by atoms with Crippen LogP contribution in [-0.4, -0.2) is 30.3 Å². The van der Waals surface area contributed by atoms with Crippen LogP contribution in [0.4, 0.5) is 0 Å². The molecule has 3 rings (SSSR count). The smallest absolute Gasteiger partial charge is 0.237 e. The van der Waals surface area contributed by atoms with Crippen LogP contribution in [0.15, 0.2) is 28.8 Å². The highest BCUT2D eigenvalue weighted by Crippen LogP contribution is 2.55. The Morgan fingerprint density at radius 3 is 2.81 bits per heavy atom. The molecule has 1 aromatic heterocycles. The molecule has 112 valence electrons. The lowest BCUT2D eigenvalue weighted by Gasteiger charge is -2.14. The first-order valence-electron chi connectivity index (χ1n) is 7.33. The van der Waals surface area contributed by atoms with Crippen molar-refractivity contribution >= 4 is 0 Å². The number of nitrogens with zero attached hydrogens (tertiary/aromatic N) is 2. The van der Waals surface area contributed by atoms with E-state index >= 15 is 0 Å². The summed E-state index contributed by atoms with van der Waals surface area (Å²) in [7, 11) is 3.63. The minimum atomic E-state index is -0.152. The number of nitrogens with one attached hydrogen (secondary N) is 1. The van der Waals surface area contributed by atoms with Crippen LogP contribution < -0.4 is 10.1 Å². The van der Waals surface area contributed by atoms with Gasteiger partial charge in [0.15, 0.2) is 5.82 Å². The average molecular weight is 287 g/mol. The quantitative estimate of drug-likeness (QED) is 0.883.